The molecule has 1 aromatic rings. The third kappa shape index (κ3) is 5.09. The first-order valence-electron chi connectivity index (χ1n) is 6.27. The van der Waals surface area contributed by atoms with Crippen LogP contribution < -0.4 is 10.6 Å². The summed E-state index contributed by atoms with van der Waals surface area (Å²) < 4.78 is 0. The summed E-state index contributed by atoms with van der Waals surface area (Å²) in [4.78, 5) is 22.9. The number of carbonyl (C=O) groups excluding carboxylic acids is 2. The Morgan fingerprint density at radius 3 is 2.37 bits per heavy atom. The highest BCUT2D eigenvalue weighted by molar-refractivity contribution is 5.85. The Kier molecular flexibility index (Phi) is 5.51. The van der Waals surface area contributed by atoms with Gasteiger partial charge in [0.2, 0.25) is 11.8 Å². The zero-order chi connectivity index (χ0) is 14.3. The molecule has 1 unspecified atom stereocenters. The zero-order valence-corrected chi connectivity index (χ0v) is 11.3. The fraction of sp³-hybridized carbons (Fsp3) is 0.429. The van der Waals surface area contributed by atoms with Crippen molar-refractivity contribution in [1.29, 1.82) is 0 Å². The average Bonchev–Trinajstić information content (AvgIpc) is 2.37. The summed E-state index contributed by atoms with van der Waals surface area (Å²) in [5.41, 5.74) is -0.574. The van der Waals surface area contributed by atoms with Gasteiger partial charge in [0.05, 0.1) is 18.6 Å². The van der Waals surface area contributed by atoms with Gasteiger partial charge in [0.25, 0.3) is 0 Å². The Morgan fingerprint density at radius 2 is 1.79 bits per heavy atom. The van der Waals surface area contributed by atoms with Gasteiger partial charge in [-0.3, -0.25) is 9.59 Å². The van der Waals surface area contributed by atoms with Crippen molar-refractivity contribution in [3.8, 4) is 0 Å². The number of amides is 2. The van der Waals surface area contributed by atoms with E-state index < -0.39 is 5.60 Å². The van der Waals surface area contributed by atoms with Crippen LogP contribution >= 0.6 is 0 Å². The van der Waals surface area contributed by atoms with Gasteiger partial charge >= 0.3 is 0 Å². The maximum atomic E-state index is 11.7. The number of rotatable bonds is 6. The lowest BCUT2D eigenvalue weighted by molar-refractivity contribution is -0.129. The third-order valence-electron chi connectivity index (χ3n) is 2.72. The molecule has 2 amide bonds. The fourth-order valence-corrected chi connectivity index (χ4v) is 1.71. The molecule has 0 heterocycles. The van der Waals surface area contributed by atoms with Crippen molar-refractivity contribution in [2.75, 3.05) is 13.1 Å². The van der Waals surface area contributed by atoms with Crippen molar-refractivity contribution in [1.82, 2.24) is 10.6 Å². The molecular formula is C14H20N2O3. The molecule has 0 saturated carbocycles. The number of hydrogen-bond donors (Lipinski definition) is 3. The standard InChI is InChI=1S/C14H20N2O3/c1-3-15-13(18)10-16-12(17)9-14(2,19)11-7-5-4-6-8-11/h4-8,19H,3,9-10H2,1-2H3,(H,15,18)(H,16,17). The molecule has 5 heteroatoms. The van der Waals surface area contributed by atoms with Crippen LogP contribution in [0.1, 0.15) is 25.8 Å². The minimum Gasteiger partial charge on any atom is -0.385 e. The lowest BCUT2D eigenvalue weighted by Crippen LogP contribution is -2.39. The highest BCUT2D eigenvalue weighted by atomic mass is 16.3. The summed E-state index contributed by atoms with van der Waals surface area (Å²) in [6.45, 7) is 3.84. The molecule has 1 atom stereocenters. The number of benzene rings is 1. The number of hydrogen-bond acceptors (Lipinski definition) is 3. The average molecular weight is 264 g/mol. The second-order valence-electron chi connectivity index (χ2n) is 4.55. The fourth-order valence-electron chi connectivity index (χ4n) is 1.71. The Hall–Kier alpha value is -1.88. The zero-order valence-electron chi connectivity index (χ0n) is 11.3. The minimum absolute atomic E-state index is 0.0719. The molecular weight excluding hydrogens is 244 g/mol. The van der Waals surface area contributed by atoms with E-state index in [2.05, 4.69) is 10.6 Å². The monoisotopic (exact) mass is 264 g/mol. The van der Waals surface area contributed by atoms with Crippen LogP contribution in [0.3, 0.4) is 0 Å². The van der Waals surface area contributed by atoms with Crippen molar-refractivity contribution in [3.05, 3.63) is 35.9 Å². The van der Waals surface area contributed by atoms with Crippen LogP contribution in [0.5, 0.6) is 0 Å². The predicted octanol–water partition coefficient (Wildman–Crippen LogP) is 0.537. The quantitative estimate of drug-likeness (QED) is 0.701. The summed E-state index contributed by atoms with van der Waals surface area (Å²) in [5.74, 6) is -0.602. The van der Waals surface area contributed by atoms with Crippen molar-refractivity contribution in [2.45, 2.75) is 25.9 Å². The van der Waals surface area contributed by atoms with E-state index >= 15 is 0 Å². The van der Waals surface area contributed by atoms with Crippen molar-refractivity contribution < 1.29 is 14.7 Å². The molecule has 0 aromatic heterocycles. The van der Waals surface area contributed by atoms with Crippen LogP contribution in [0.2, 0.25) is 0 Å². The van der Waals surface area contributed by atoms with E-state index in [9.17, 15) is 14.7 Å². The summed E-state index contributed by atoms with van der Waals surface area (Å²) in [5, 5.41) is 15.3. The van der Waals surface area contributed by atoms with E-state index in [0.29, 0.717) is 12.1 Å². The van der Waals surface area contributed by atoms with Crippen LogP contribution in [0.15, 0.2) is 30.3 Å². The summed E-state index contributed by atoms with van der Waals surface area (Å²) in [7, 11) is 0. The van der Waals surface area contributed by atoms with E-state index in [4.69, 9.17) is 0 Å². The first kappa shape index (κ1) is 15.2. The summed E-state index contributed by atoms with van der Waals surface area (Å²) in [6, 6.07) is 8.97. The van der Waals surface area contributed by atoms with Crippen molar-refractivity contribution in [3.63, 3.8) is 0 Å². The van der Waals surface area contributed by atoms with Crippen LogP contribution in [-0.2, 0) is 15.2 Å². The van der Waals surface area contributed by atoms with Gasteiger partial charge in [0.15, 0.2) is 0 Å². The molecule has 19 heavy (non-hydrogen) atoms. The molecule has 104 valence electrons. The molecule has 0 radical (unpaired) electrons. The van der Waals surface area contributed by atoms with Crippen LogP contribution in [0.25, 0.3) is 0 Å². The van der Waals surface area contributed by atoms with E-state index in [0.717, 1.165) is 0 Å². The lowest BCUT2D eigenvalue weighted by Gasteiger charge is -2.23. The second-order valence-corrected chi connectivity index (χ2v) is 4.55. The molecule has 0 fully saturated rings. The number of carbonyl (C=O) groups is 2. The smallest absolute Gasteiger partial charge is 0.239 e. The van der Waals surface area contributed by atoms with Crippen LogP contribution in [0.4, 0.5) is 0 Å². The first-order valence-corrected chi connectivity index (χ1v) is 6.27. The normalized spacial score (nSPS) is 13.4. The largest absolute Gasteiger partial charge is 0.385 e. The molecule has 0 saturated heterocycles. The van der Waals surface area contributed by atoms with Crippen molar-refractivity contribution >= 4 is 11.8 Å². The van der Waals surface area contributed by atoms with E-state index in [1.165, 1.54) is 0 Å². The second kappa shape index (κ2) is 6.89. The van der Waals surface area contributed by atoms with Gasteiger partial charge in [-0.1, -0.05) is 30.3 Å². The molecule has 0 aliphatic rings. The lowest BCUT2D eigenvalue weighted by atomic mass is 9.92. The van der Waals surface area contributed by atoms with Crippen LogP contribution in [-0.4, -0.2) is 30.0 Å². The molecule has 5 nitrogen and oxygen atoms in total. The number of nitrogens with one attached hydrogen (secondary N) is 2. The van der Waals surface area contributed by atoms with Gasteiger partial charge in [-0.05, 0) is 19.4 Å². The first-order chi connectivity index (χ1) is 8.95. The molecule has 0 aliphatic heterocycles. The van der Waals surface area contributed by atoms with Crippen LogP contribution in [0, 0.1) is 0 Å². The maximum absolute atomic E-state index is 11.7. The molecule has 1 aromatic carbocycles. The van der Waals surface area contributed by atoms with E-state index in [-0.39, 0.29) is 24.8 Å². The van der Waals surface area contributed by atoms with Gasteiger partial charge in [0.1, 0.15) is 0 Å². The topological polar surface area (TPSA) is 78.4 Å². The third-order valence-corrected chi connectivity index (χ3v) is 2.72. The Bertz CT molecular complexity index is 430. The van der Waals surface area contributed by atoms with E-state index in [1.54, 1.807) is 38.1 Å². The summed E-state index contributed by atoms with van der Waals surface area (Å²) >= 11 is 0. The summed E-state index contributed by atoms with van der Waals surface area (Å²) in [6.07, 6.45) is -0.0869. The molecule has 0 bridgehead atoms. The maximum Gasteiger partial charge on any atom is 0.239 e. The minimum atomic E-state index is -1.24. The molecule has 3 N–H and O–H groups in total. The number of aliphatic hydroxyl groups is 1. The highest BCUT2D eigenvalue weighted by Crippen LogP contribution is 2.23. The van der Waals surface area contributed by atoms with E-state index in [1.807, 2.05) is 6.07 Å². The Morgan fingerprint density at radius 1 is 1.16 bits per heavy atom. The van der Waals surface area contributed by atoms with Crippen molar-refractivity contribution in [2.24, 2.45) is 0 Å². The Balaban J connectivity index is 2.50. The van der Waals surface area contributed by atoms with Gasteiger partial charge < -0.3 is 15.7 Å². The van der Waals surface area contributed by atoms with Gasteiger partial charge in [-0.2, -0.15) is 0 Å². The molecule has 0 aliphatic carbocycles. The molecule has 0 spiro atoms. The molecule has 1 rings (SSSR count). The van der Waals surface area contributed by atoms with Gasteiger partial charge in [-0.15, -0.1) is 0 Å². The van der Waals surface area contributed by atoms with Gasteiger partial charge in [0, 0.05) is 6.54 Å². The SMILES string of the molecule is CCNC(=O)CNC(=O)CC(C)(O)c1ccccc1. The van der Waals surface area contributed by atoms with Gasteiger partial charge in [-0.25, -0.2) is 0 Å². The predicted molar refractivity (Wildman–Crippen MR) is 72.3 cm³/mol. The highest BCUT2D eigenvalue weighted by Gasteiger charge is 2.26. The number of likely N-dealkylation sites (N-methyl/N-ethyl adjacent to an activating group) is 1. The Labute approximate surface area is 113 Å².